The van der Waals surface area contributed by atoms with Gasteiger partial charge in [-0.3, -0.25) is 4.79 Å². The molecule has 0 radical (unpaired) electrons. The molecule has 2 aliphatic rings. The van der Waals surface area contributed by atoms with E-state index >= 15 is 0 Å². The van der Waals surface area contributed by atoms with E-state index in [2.05, 4.69) is 4.84 Å². The molecule has 2 rings (SSSR count). The highest BCUT2D eigenvalue weighted by molar-refractivity contribution is 5.71. The Morgan fingerprint density at radius 1 is 1.35 bits per heavy atom. The minimum Gasteiger partial charge on any atom is -0.456 e. The molecule has 9 heteroatoms. The van der Waals surface area contributed by atoms with Crippen LogP contribution in [-0.4, -0.2) is 55.2 Å². The number of hydrogen-bond acceptors (Lipinski definition) is 8. The average Bonchev–Trinajstić information content (AvgIpc) is 2.83. The second kappa shape index (κ2) is 4.82. The Balaban J connectivity index is 1.92. The molecule has 0 saturated carbocycles. The molecule has 0 aromatic heterocycles. The average molecular weight is 248 g/mol. The molecule has 4 atom stereocenters. The number of ether oxygens (including phenoxy) is 3. The molecule has 0 spiro atoms. The SMILES string of the molecule is NCC(=O)O[C@H]1CO[C@@H]2C(O[N+](=O)[O-])CO[C@H]12. The van der Waals surface area contributed by atoms with Crippen molar-refractivity contribution in [2.75, 3.05) is 19.8 Å². The predicted molar refractivity (Wildman–Crippen MR) is 50.3 cm³/mol. The lowest BCUT2D eigenvalue weighted by Crippen LogP contribution is -2.36. The van der Waals surface area contributed by atoms with Gasteiger partial charge in [0.15, 0.2) is 12.2 Å². The molecule has 0 amide bonds. The van der Waals surface area contributed by atoms with E-state index in [1.807, 2.05) is 0 Å². The maximum Gasteiger partial charge on any atom is 0.320 e. The molecule has 17 heavy (non-hydrogen) atoms. The second-order valence-electron chi connectivity index (χ2n) is 3.70. The molecule has 2 aliphatic heterocycles. The van der Waals surface area contributed by atoms with Gasteiger partial charge in [-0.15, -0.1) is 10.1 Å². The predicted octanol–water partition coefficient (Wildman–Crippen LogP) is -1.77. The Labute approximate surface area is 95.8 Å². The zero-order chi connectivity index (χ0) is 12.4. The van der Waals surface area contributed by atoms with Crippen molar-refractivity contribution in [2.45, 2.75) is 24.4 Å². The van der Waals surface area contributed by atoms with Crippen LogP contribution in [0.3, 0.4) is 0 Å². The number of esters is 1. The van der Waals surface area contributed by atoms with Gasteiger partial charge >= 0.3 is 5.97 Å². The first-order chi connectivity index (χ1) is 8.11. The lowest BCUT2D eigenvalue weighted by Gasteiger charge is -2.16. The van der Waals surface area contributed by atoms with Crippen LogP contribution in [-0.2, 0) is 23.8 Å². The summed E-state index contributed by atoms with van der Waals surface area (Å²) in [6.45, 7) is -0.0751. The number of nitrogens with two attached hydrogens (primary N) is 1. The first-order valence-electron chi connectivity index (χ1n) is 5.05. The molecule has 2 heterocycles. The summed E-state index contributed by atoms with van der Waals surface area (Å²) in [5.41, 5.74) is 5.11. The summed E-state index contributed by atoms with van der Waals surface area (Å²) in [6.07, 6.45) is -2.49. The highest BCUT2D eigenvalue weighted by Gasteiger charge is 2.51. The molecular weight excluding hydrogens is 236 g/mol. The molecule has 0 aromatic rings. The lowest BCUT2D eigenvalue weighted by molar-refractivity contribution is -0.769. The van der Waals surface area contributed by atoms with Crippen molar-refractivity contribution < 1.29 is 28.9 Å². The van der Waals surface area contributed by atoms with Crippen LogP contribution in [0.15, 0.2) is 0 Å². The quantitative estimate of drug-likeness (QED) is 0.352. The minimum absolute atomic E-state index is 0.0347. The lowest BCUT2D eigenvalue weighted by atomic mass is 10.1. The summed E-state index contributed by atoms with van der Waals surface area (Å²) in [6, 6.07) is 0. The van der Waals surface area contributed by atoms with Crippen LogP contribution in [0.5, 0.6) is 0 Å². The van der Waals surface area contributed by atoms with Crippen LogP contribution >= 0.6 is 0 Å². The van der Waals surface area contributed by atoms with E-state index in [9.17, 15) is 14.9 Å². The highest BCUT2D eigenvalue weighted by Crippen LogP contribution is 2.30. The summed E-state index contributed by atoms with van der Waals surface area (Å²) in [4.78, 5) is 25.6. The first-order valence-corrected chi connectivity index (χ1v) is 5.05. The van der Waals surface area contributed by atoms with Crippen molar-refractivity contribution in [1.82, 2.24) is 0 Å². The van der Waals surface area contributed by atoms with E-state index in [1.54, 1.807) is 0 Å². The zero-order valence-corrected chi connectivity index (χ0v) is 8.81. The third-order valence-corrected chi connectivity index (χ3v) is 2.63. The van der Waals surface area contributed by atoms with E-state index in [4.69, 9.17) is 19.9 Å². The molecule has 0 bridgehead atoms. The van der Waals surface area contributed by atoms with Gasteiger partial charge in [-0.1, -0.05) is 0 Å². The standard InChI is InChI=1S/C8H12N2O7/c9-1-6(11)16-4-2-14-8-5(17-10(12)13)3-15-7(4)8/h4-5,7-8H,1-3,9H2/t4-,5?,7+,8+/m0/s1. The highest BCUT2D eigenvalue weighted by atomic mass is 17.0. The van der Waals surface area contributed by atoms with E-state index in [0.29, 0.717) is 0 Å². The Morgan fingerprint density at radius 2 is 1.94 bits per heavy atom. The van der Waals surface area contributed by atoms with E-state index in [0.717, 1.165) is 0 Å². The van der Waals surface area contributed by atoms with Gasteiger partial charge < -0.3 is 24.8 Å². The summed E-state index contributed by atoms with van der Waals surface area (Å²) < 4.78 is 15.5. The summed E-state index contributed by atoms with van der Waals surface area (Å²) in [7, 11) is 0. The summed E-state index contributed by atoms with van der Waals surface area (Å²) >= 11 is 0. The van der Waals surface area contributed by atoms with Crippen LogP contribution in [0, 0.1) is 10.1 Å². The molecule has 0 aliphatic carbocycles. The summed E-state index contributed by atoms with van der Waals surface area (Å²) in [5, 5.41) is 9.33. The van der Waals surface area contributed by atoms with Crippen LogP contribution < -0.4 is 5.73 Å². The van der Waals surface area contributed by atoms with Crippen LogP contribution in [0.4, 0.5) is 0 Å². The van der Waals surface area contributed by atoms with Crippen molar-refractivity contribution in [3.63, 3.8) is 0 Å². The van der Waals surface area contributed by atoms with Crippen LogP contribution in [0.2, 0.25) is 0 Å². The molecular formula is C8H12N2O7. The van der Waals surface area contributed by atoms with Crippen molar-refractivity contribution >= 4 is 5.97 Å². The Kier molecular flexibility index (Phi) is 3.41. The van der Waals surface area contributed by atoms with Gasteiger partial charge in [0, 0.05) is 0 Å². The molecule has 1 unspecified atom stereocenters. The molecule has 9 nitrogen and oxygen atoms in total. The number of carbonyl (C=O) groups is 1. The van der Waals surface area contributed by atoms with Gasteiger partial charge in [-0.2, -0.15) is 0 Å². The van der Waals surface area contributed by atoms with Crippen molar-refractivity contribution in [2.24, 2.45) is 5.73 Å². The monoisotopic (exact) mass is 248 g/mol. The first kappa shape index (κ1) is 12.0. The molecule has 2 fully saturated rings. The van der Waals surface area contributed by atoms with Crippen molar-refractivity contribution in [3.8, 4) is 0 Å². The maximum atomic E-state index is 11.0. The van der Waals surface area contributed by atoms with Gasteiger partial charge in [-0.05, 0) is 0 Å². The molecule has 96 valence electrons. The van der Waals surface area contributed by atoms with Gasteiger partial charge in [0.1, 0.15) is 12.2 Å². The maximum absolute atomic E-state index is 11.0. The van der Waals surface area contributed by atoms with Crippen molar-refractivity contribution in [3.05, 3.63) is 10.1 Å². The topological polar surface area (TPSA) is 123 Å². The Hall–Kier alpha value is -1.45. The molecule has 2 N–H and O–H groups in total. The largest absolute Gasteiger partial charge is 0.456 e. The van der Waals surface area contributed by atoms with Gasteiger partial charge in [0.05, 0.1) is 19.8 Å². The van der Waals surface area contributed by atoms with E-state index in [1.165, 1.54) is 0 Å². The normalized spacial score (nSPS) is 35.4. The number of rotatable bonds is 4. The number of hydrogen-bond donors (Lipinski definition) is 1. The fourth-order valence-corrected chi connectivity index (χ4v) is 1.95. The number of carbonyl (C=O) groups excluding carboxylic acids is 1. The van der Waals surface area contributed by atoms with Crippen LogP contribution in [0.25, 0.3) is 0 Å². The van der Waals surface area contributed by atoms with Crippen LogP contribution in [0.1, 0.15) is 0 Å². The van der Waals surface area contributed by atoms with Gasteiger partial charge in [0.2, 0.25) is 0 Å². The number of fused-ring (bicyclic) bond motifs is 1. The second-order valence-corrected chi connectivity index (χ2v) is 3.70. The smallest absolute Gasteiger partial charge is 0.320 e. The van der Waals surface area contributed by atoms with E-state index in [-0.39, 0.29) is 19.8 Å². The van der Waals surface area contributed by atoms with E-state index < -0.39 is 35.5 Å². The third-order valence-electron chi connectivity index (χ3n) is 2.63. The van der Waals surface area contributed by atoms with Gasteiger partial charge in [0.25, 0.3) is 5.09 Å². The van der Waals surface area contributed by atoms with Gasteiger partial charge in [-0.25, -0.2) is 0 Å². The number of nitrogens with zero attached hydrogens (tertiary/aromatic N) is 1. The minimum atomic E-state index is -0.890. The molecule has 0 aromatic carbocycles. The fourth-order valence-electron chi connectivity index (χ4n) is 1.95. The van der Waals surface area contributed by atoms with Crippen molar-refractivity contribution in [1.29, 1.82) is 0 Å². The Bertz CT molecular complexity index is 323. The zero-order valence-electron chi connectivity index (χ0n) is 8.81. The molecule has 2 saturated heterocycles. The fraction of sp³-hybridized carbons (Fsp3) is 0.875. The Morgan fingerprint density at radius 3 is 2.53 bits per heavy atom. The summed E-state index contributed by atoms with van der Waals surface area (Å²) in [5.74, 6) is -0.568. The third kappa shape index (κ3) is 2.46.